The molecule has 0 saturated heterocycles. The van der Waals surface area contributed by atoms with Gasteiger partial charge < -0.3 is 5.11 Å². The van der Waals surface area contributed by atoms with Crippen LogP contribution in [0.3, 0.4) is 0 Å². The highest BCUT2D eigenvalue weighted by Crippen LogP contribution is 2.39. The highest BCUT2D eigenvalue weighted by molar-refractivity contribution is 7.17. The van der Waals surface area contributed by atoms with Gasteiger partial charge in [-0.15, -0.1) is 11.3 Å². The van der Waals surface area contributed by atoms with E-state index in [1.54, 1.807) is 36.7 Å². The molecular weight excluding hydrogens is 434 g/mol. The molecule has 7 heteroatoms. The summed E-state index contributed by atoms with van der Waals surface area (Å²) in [6.07, 6.45) is 4.68. The summed E-state index contributed by atoms with van der Waals surface area (Å²) in [5.41, 5.74) is 3.56. The molecule has 0 aliphatic carbocycles. The molecule has 0 saturated carbocycles. The zero-order valence-corrected chi connectivity index (χ0v) is 18.3. The van der Waals surface area contributed by atoms with Gasteiger partial charge in [0.05, 0.1) is 16.6 Å². The number of aromatic nitrogens is 1. The molecule has 3 heterocycles. The van der Waals surface area contributed by atoms with Gasteiger partial charge in [-0.25, -0.2) is 5.01 Å². The summed E-state index contributed by atoms with van der Waals surface area (Å²) in [4.78, 5) is 30.5. The van der Waals surface area contributed by atoms with Gasteiger partial charge in [0.15, 0.2) is 6.29 Å². The normalized spacial score (nSPS) is 15.3. The summed E-state index contributed by atoms with van der Waals surface area (Å²) < 4.78 is 0. The van der Waals surface area contributed by atoms with E-state index in [0.717, 1.165) is 28.0 Å². The Morgan fingerprint density at radius 3 is 2.64 bits per heavy atom. The molecule has 1 unspecified atom stereocenters. The number of rotatable bonds is 5. The van der Waals surface area contributed by atoms with E-state index in [-0.39, 0.29) is 11.7 Å². The van der Waals surface area contributed by atoms with Gasteiger partial charge in [-0.05, 0) is 24.3 Å². The molecule has 2 aromatic carbocycles. The number of thiophene rings is 1. The molecule has 4 aromatic rings. The van der Waals surface area contributed by atoms with Crippen LogP contribution in [0.1, 0.15) is 43.6 Å². The summed E-state index contributed by atoms with van der Waals surface area (Å²) in [7, 11) is 0. The van der Waals surface area contributed by atoms with Crippen LogP contribution in [0, 0.1) is 0 Å². The highest BCUT2D eigenvalue weighted by Gasteiger charge is 2.35. The minimum absolute atomic E-state index is 0.120. The fourth-order valence-corrected chi connectivity index (χ4v) is 4.94. The fraction of sp³-hybridized carbons (Fsp3) is 0.0769. The second-order valence-corrected chi connectivity index (χ2v) is 8.67. The largest absolute Gasteiger partial charge is 0.508 e. The Hall–Kier alpha value is -4.10. The Kier molecular flexibility index (Phi) is 5.54. The molecule has 1 aliphatic heterocycles. The average Bonchev–Trinajstić information content (AvgIpc) is 3.53. The van der Waals surface area contributed by atoms with E-state index in [0.29, 0.717) is 22.4 Å². The van der Waals surface area contributed by atoms with E-state index in [1.807, 2.05) is 48.5 Å². The van der Waals surface area contributed by atoms with E-state index in [4.69, 9.17) is 0 Å². The van der Waals surface area contributed by atoms with Gasteiger partial charge >= 0.3 is 0 Å². The van der Waals surface area contributed by atoms with Crippen LogP contribution in [0.5, 0.6) is 5.75 Å². The monoisotopic (exact) mass is 453 g/mol. The lowest BCUT2D eigenvalue weighted by Crippen LogP contribution is -2.26. The number of amides is 1. The molecule has 5 rings (SSSR count). The second-order valence-electron chi connectivity index (χ2n) is 7.59. The number of hydrogen-bond acceptors (Lipinski definition) is 6. The molecular formula is C26H19N3O3S. The lowest BCUT2D eigenvalue weighted by molar-refractivity contribution is 0.0714. The number of phenols is 1. The lowest BCUT2D eigenvalue weighted by Gasteiger charge is -2.22. The first kappa shape index (κ1) is 20.8. The molecule has 0 spiro atoms. The van der Waals surface area contributed by atoms with Crippen molar-refractivity contribution in [3.05, 3.63) is 107 Å². The predicted octanol–water partition coefficient (Wildman–Crippen LogP) is 5.32. The van der Waals surface area contributed by atoms with E-state index in [1.165, 1.54) is 16.3 Å². The van der Waals surface area contributed by atoms with Crippen molar-refractivity contribution in [1.29, 1.82) is 0 Å². The number of phenolic OH excluding ortho intramolecular Hbond substituents is 1. The third-order valence-electron chi connectivity index (χ3n) is 5.58. The SMILES string of the molecule is O=Cc1ccccc1-c1ccc(C(=O)N2N=C(c3cccnc3)CC2c2ccccc2O)s1. The number of benzene rings is 2. The van der Waals surface area contributed by atoms with Crippen LogP contribution in [-0.2, 0) is 0 Å². The van der Waals surface area contributed by atoms with E-state index < -0.39 is 6.04 Å². The number of hydrazone groups is 1. The maximum atomic E-state index is 13.6. The first-order valence-corrected chi connectivity index (χ1v) is 11.2. The number of aldehydes is 1. The van der Waals surface area contributed by atoms with Crippen molar-refractivity contribution in [2.45, 2.75) is 12.5 Å². The summed E-state index contributed by atoms with van der Waals surface area (Å²) >= 11 is 1.31. The highest BCUT2D eigenvalue weighted by atomic mass is 32.1. The quantitative estimate of drug-likeness (QED) is 0.415. The molecule has 6 nitrogen and oxygen atoms in total. The Morgan fingerprint density at radius 1 is 1.03 bits per heavy atom. The van der Waals surface area contributed by atoms with Gasteiger partial charge in [0.25, 0.3) is 5.91 Å². The van der Waals surface area contributed by atoms with Crippen molar-refractivity contribution in [1.82, 2.24) is 9.99 Å². The first-order valence-electron chi connectivity index (χ1n) is 10.4. The van der Waals surface area contributed by atoms with Crippen molar-refractivity contribution >= 4 is 29.2 Å². The fourth-order valence-electron chi connectivity index (χ4n) is 3.95. The molecule has 1 aliphatic rings. The number of carbonyl (C=O) groups excluding carboxylic acids is 2. The Bertz CT molecular complexity index is 1360. The van der Waals surface area contributed by atoms with E-state index in [9.17, 15) is 14.7 Å². The Labute approximate surface area is 194 Å². The van der Waals surface area contributed by atoms with Crippen LogP contribution in [0.25, 0.3) is 10.4 Å². The third kappa shape index (κ3) is 3.94. The molecule has 2 aromatic heterocycles. The number of hydrogen-bond donors (Lipinski definition) is 1. The topological polar surface area (TPSA) is 82.9 Å². The number of nitrogens with zero attached hydrogens (tertiary/aromatic N) is 3. The zero-order chi connectivity index (χ0) is 22.8. The maximum Gasteiger partial charge on any atom is 0.284 e. The maximum absolute atomic E-state index is 13.6. The summed E-state index contributed by atoms with van der Waals surface area (Å²) in [6, 6.07) is 21.2. The van der Waals surface area contributed by atoms with Crippen molar-refractivity contribution in [2.75, 3.05) is 0 Å². The molecule has 1 N–H and O–H groups in total. The standard InChI is InChI=1S/C26H19N3O3S/c30-16-18-6-1-2-8-19(18)24-11-12-25(33-24)26(32)29-22(20-9-3-4-10-23(20)31)14-21(28-29)17-7-5-13-27-15-17/h1-13,15-16,22,31H,14H2. The van der Waals surface area contributed by atoms with Crippen molar-refractivity contribution in [3.8, 4) is 16.2 Å². The molecule has 0 fully saturated rings. The van der Waals surface area contributed by atoms with Crippen LogP contribution in [0.2, 0.25) is 0 Å². The predicted molar refractivity (Wildman–Crippen MR) is 128 cm³/mol. The van der Waals surface area contributed by atoms with Crippen LogP contribution >= 0.6 is 11.3 Å². The van der Waals surface area contributed by atoms with Crippen LogP contribution in [0.15, 0.2) is 90.3 Å². The van der Waals surface area contributed by atoms with Crippen molar-refractivity contribution in [2.24, 2.45) is 5.10 Å². The van der Waals surface area contributed by atoms with Gasteiger partial charge in [-0.1, -0.05) is 48.5 Å². The lowest BCUT2D eigenvalue weighted by atomic mass is 9.98. The van der Waals surface area contributed by atoms with Crippen molar-refractivity contribution in [3.63, 3.8) is 0 Å². The average molecular weight is 454 g/mol. The minimum atomic E-state index is -0.443. The van der Waals surface area contributed by atoms with Crippen LogP contribution < -0.4 is 0 Å². The summed E-state index contributed by atoms with van der Waals surface area (Å²) in [6.45, 7) is 0. The Balaban J connectivity index is 1.53. The van der Waals surface area contributed by atoms with Gasteiger partial charge in [-0.2, -0.15) is 5.10 Å². The van der Waals surface area contributed by atoms with E-state index in [2.05, 4.69) is 10.1 Å². The molecule has 1 atom stereocenters. The number of carbonyl (C=O) groups is 2. The van der Waals surface area contributed by atoms with Gasteiger partial charge in [0.1, 0.15) is 5.75 Å². The minimum Gasteiger partial charge on any atom is -0.508 e. The summed E-state index contributed by atoms with van der Waals surface area (Å²) in [5.74, 6) is -0.142. The number of para-hydroxylation sites is 1. The van der Waals surface area contributed by atoms with Gasteiger partial charge in [0.2, 0.25) is 0 Å². The summed E-state index contributed by atoms with van der Waals surface area (Å²) in [5, 5.41) is 16.6. The van der Waals surface area contributed by atoms with Gasteiger partial charge in [0, 0.05) is 45.9 Å². The molecule has 162 valence electrons. The Morgan fingerprint density at radius 2 is 1.85 bits per heavy atom. The van der Waals surface area contributed by atoms with Crippen LogP contribution in [0.4, 0.5) is 0 Å². The number of aromatic hydroxyl groups is 1. The van der Waals surface area contributed by atoms with Crippen LogP contribution in [-0.4, -0.2) is 33.0 Å². The second kappa shape index (κ2) is 8.80. The third-order valence-corrected chi connectivity index (χ3v) is 6.69. The molecule has 33 heavy (non-hydrogen) atoms. The molecule has 0 radical (unpaired) electrons. The van der Waals surface area contributed by atoms with Crippen molar-refractivity contribution < 1.29 is 14.7 Å². The number of pyridine rings is 1. The smallest absolute Gasteiger partial charge is 0.284 e. The zero-order valence-electron chi connectivity index (χ0n) is 17.5. The first-order chi connectivity index (χ1) is 16.2. The molecule has 1 amide bonds. The van der Waals surface area contributed by atoms with E-state index >= 15 is 0 Å². The van der Waals surface area contributed by atoms with Gasteiger partial charge in [-0.3, -0.25) is 14.6 Å². The molecule has 0 bridgehead atoms.